The number of nitrogens with one attached hydrogen (secondary N) is 1. The molecule has 30 heavy (non-hydrogen) atoms. The molecule has 1 atom stereocenters. The van der Waals surface area contributed by atoms with E-state index in [0.29, 0.717) is 30.4 Å². The topological polar surface area (TPSA) is 79.0 Å². The molecule has 2 aliphatic heterocycles. The molecule has 1 N–H and O–H groups in total. The van der Waals surface area contributed by atoms with Crippen molar-refractivity contribution < 1.29 is 17.9 Å². The van der Waals surface area contributed by atoms with E-state index in [1.807, 2.05) is 11.8 Å². The summed E-state index contributed by atoms with van der Waals surface area (Å²) < 4.78 is 33.3. The van der Waals surface area contributed by atoms with E-state index >= 15 is 0 Å². The number of benzene rings is 1. The number of piperidine rings is 1. The Labute approximate surface area is 180 Å². The van der Waals surface area contributed by atoms with Crippen LogP contribution < -0.4 is 10.1 Å². The third-order valence-corrected chi connectivity index (χ3v) is 8.11. The molecule has 0 aliphatic carbocycles. The molecule has 3 rings (SSSR count). The van der Waals surface area contributed by atoms with E-state index in [1.54, 1.807) is 29.6 Å². The van der Waals surface area contributed by atoms with E-state index in [-0.39, 0.29) is 10.8 Å². The predicted octanol–water partition coefficient (Wildman–Crippen LogP) is 3.32. The van der Waals surface area contributed by atoms with Crippen molar-refractivity contribution in [3.8, 4) is 5.75 Å². The Morgan fingerprint density at radius 2 is 1.73 bits per heavy atom. The number of methoxy groups -OCH3 is 1. The summed E-state index contributed by atoms with van der Waals surface area (Å²) in [4.78, 5) is 15.0. The average molecular weight is 438 g/mol. The minimum Gasteiger partial charge on any atom is -0.495 e. The Kier molecular flexibility index (Phi) is 7.63. The maximum absolute atomic E-state index is 13.2. The molecule has 2 saturated heterocycles. The number of anilines is 1. The highest BCUT2D eigenvalue weighted by atomic mass is 32.2. The van der Waals surface area contributed by atoms with Crippen molar-refractivity contribution in [1.82, 2.24) is 9.21 Å². The van der Waals surface area contributed by atoms with Crippen molar-refractivity contribution in [3.05, 3.63) is 18.2 Å². The zero-order chi connectivity index (χ0) is 21.7. The van der Waals surface area contributed by atoms with Crippen molar-refractivity contribution in [1.29, 1.82) is 0 Å². The van der Waals surface area contributed by atoms with E-state index < -0.39 is 16.1 Å². The van der Waals surface area contributed by atoms with Crippen LogP contribution in [-0.4, -0.2) is 62.9 Å². The fourth-order valence-corrected chi connectivity index (χ4v) is 5.73. The number of sulfonamides is 1. The number of amides is 1. The van der Waals surface area contributed by atoms with Gasteiger partial charge in [-0.1, -0.05) is 19.8 Å². The molecule has 1 amide bonds. The van der Waals surface area contributed by atoms with Crippen molar-refractivity contribution in [2.24, 2.45) is 5.92 Å². The van der Waals surface area contributed by atoms with Gasteiger partial charge in [-0.2, -0.15) is 4.31 Å². The van der Waals surface area contributed by atoms with E-state index in [2.05, 4.69) is 12.2 Å². The highest BCUT2D eigenvalue weighted by molar-refractivity contribution is 7.89. The van der Waals surface area contributed by atoms with E-state index in [4.69, 9.17) is 4.74 Å². The lowest BCUT2D eigenvalue weighted by atomic mass is 9.99. The van der Waals surface area contributed by atoms with Crippen molar-refractivity contribution in [2.45, 2.75) is 63.3 Å². The normalized spacial score (nSPS) is 20.4. The fraction of sp³-hybridized carbons (Fsp3) is 0.682. The summed E-state index contributed by atoms with van der Waals surface area (Å²) in [5.41, 5.74) is 0.527. The van der Waals surface area contributed by atoms with Crippen LogP contribution >= 0.6 is 0 Å². The molecule has 2 aliphatic rings. The summed E-state index contributed by atoms with van der Waals surface area (Å²) in [7, 11) is -2.03. The van der Waals surface area contributed by atoms with Gasteiger partial charge >= 0.3 is 0 Å². The molecule has 0 bridgehead atoms. The van der Waals surface area contributed by atoms with Gasteiger partial charge in [-0.3, -0.25) is 4.79 Å². The van der Waals surface area contributed by atoms with Gasteiger partial charge < -0.3 is 15.0 Å². The van der Waals surface area contributed by atoms with E-state index in [1.165, 1.54) is 0 Å². The van der Waals surface area contributed by atoms with Crippen molar-refractivity contribution in [3.63, 3.8) is 0 Å². The second kappa shape index (κ2) is 10.0. The molecule has 2 heterocycles. The van der Waals surface area contributed by atoms with Gasteiger partial charge in [0, 0.05) is 26.2 Å². The monoisotopic (exact) mass is 437 g/mol. The minimum absolute atomic E-state index is 0.0322. The minimum atomic E-state index is -3.57. The summed E-state index contributed by atoms with van der Waals surface area (Å²) in [6.45, 7) is 6.68. The maximum Gasteiger partial charge on any atom is 0.244 e. The van der Waals surface area contributed by atoms with Gasteiger partial charge in [-0.15, -0.1) is 0 Å². The highest BCUT2D eigenvalue weighted by Crippen LogP contribution is 2.30. The molecule has 1 aromatic carbocycles. The van der Waals surface area contributed by atoms with Gasteiger partial charge in [0.2, 0.25) is 15.9 Å². The molecule has 1 aromatic rings. The van der Waals surface area contributed by atoms with Gasteiger partial charge in [0.25, 0.3) is 0 Å². The second-order valence-electron chi connectivity index (χ2n) is 8.55. The standard InChI is InChI=1S/C22H35N3O4S/c1-17-10-14-24(15-11-17)22(26)18(2)23-20-16-19(8-9-21(20)29-3)30(27,28)25-12-6-4-5-7-13-25/h8-9,16-18,23H,4-7,10-15H2,1-3H3. The maximum atomic E-state index is 13.2. The van der Waals surface area contributed by atoms with Gasteiger partial charge in [0.05, 0.1) is 17.7 Å². The lowest BCUT2D eigenvalue weighted by molar-refractivity contribution is -0.132. The van der Waals surface area contributed by atoms with Gasteiger partial charge in [-0.25, -0.2) is 8.42 Å². The summed E-state index contributed by atoms with van der Waals surface area (Å²) in [6, 6.07) is 4.37. The SMILES string of the molecule is COc1ccc(S(=O)(=O)N2CCCCCC2)cc1NC(C)C(=O)N1CCC(C)CC1. The molecule has 1 unspecified atom stereocenters. The summed E-state index contributed by atoms with van der Waals surface area (Å²) in [5, 5.41) is 3.20. The first-order valence-electron chi connectivity index (χ1n) is 11.1. The van der Waals surface area contributed by atoms with Crippen LogP contribution in [0.15, 0.2) is 23.1 Å². The van der Waals surface area contributed by atoms with E-state index in [9.17, 15) is 13.2 Å². The smallest absolute Gasteiger partial charge is 0.244 e. The Balaban J connectivity index is 1.78. The average Bonchev–Trinajstić information content (AvgIpc) is 3.04. The Morgan fingerprint density at radius 1 is 1.10 bits per heavy atom. The highest BCUT2D eigenvalue weighted by Gasteiger charge is 2.28. The molecule has 0 spiro atoms. The number of likely N-dealkylation sites (tertiary alicyclic amines) is 1. The van der Waals surface area contributed by atoms with Crippen LogP contribution in [0.4, 0.5) is 5.69 Å². The van der Waals surface area contributed by atoms with Crippen LogP contribution in [0.3, 0.4) is 0 Å². The Hall–Kier alpha value is -1.80. The number of carbonyl (C=O) groups excluding carboxylic acids is 1. The first-order valence-corrected chi connectivity index (χ1v) is 12.5. The third-order valence-electron chi connectivity index (χ3n) is 6.21. The number of rotatable bonds is 6. The predicted molar refractivity (Wildman–Crippen MR) is 118 cm³/mol. The summed E-state index contributed by atoms with van der Waals surface area (Å²) in [5.74, 6) is 1.21. The van der Waals surface area contributed by atoms with Crippen LogP contribution in [0, 0.1) is 5.92 Å². The largest absolute Gasteiger partial charge is 0.495 e. The number of hydrogen-bond donors (Lipinski definition) is 1. The fourth-order valence-electron chi connectivity index (χ4n) is 4.19. The van der Waals surface area contributed by atoms with Gasteiger partial charge in [-0.05, 0) is 56.7 Å². The zero-order valence-electron chi connectivity index (χ0n) is 18.4. The molecule has 168 valence electrons. The van der Waals surface area contributed by atoms with Gasteiger partial charge in [0.15, 0.2) is 0 Å². The number of nitrogens with zero attached hydrogens (tertiary/aromatic N) is 2. The lowest BCUT2D eigenvalue weighted by Gasteiger charge is -2.32. The number of hydrogen-bond acceptors (Lipinski definition) is 5. The Morgan fingerprint density at radius 3 is 2.33 bits per heavy atom. The molecule has 8 heteroatoms. The van der Waals surface area contributed by atoms with Crippen LogP contribution in [0.5, 0.6) is 5.75 Å². The molecular weight excluding hydrogens is 402 g/mol. The van der Waals surface area contributed by atoms with E-state index in [0.717, 1.165) is 51.6 Å². The molecular formula is C22H35N3O4S. The molecule has 0 radical (unpaired) electrons. The van der Waals surface area contributed by atoms with Crippen molar-refractivity contribution >= 4 is 21.6 Å². The van der Waals surface area contributed by atoms with Crippen molar-refractivity contribution in [2.75, 3.05) is 38.6 Å². The quantitative estimate of drug-likeness (QED) is 0.739. The first kappa shape index (κ1) is 22.9. The summed E-state index contributed by atoms with van der Waals surface area (Å²) in [6.07, 6.45) is 5.95. The van der Waals surface area contributed by atoms with Crippen LogP contribution in [0.2, 0.25) is 0 Å². The summed E-state index contributed by atoms with van der Waals surface area (Å²) >= 11 is 0. The number of carbonyl (C=O) groups is 1. The van der Waals surface area contributed by atoms with Gasteiger partial charge in [0.1, 0.15) is 11.8 Å². The molecule has 0 aromatic heterocycles. The van der Waals surface area contributed by atoms with Crippen LogP contribution in [0.25, 0.3) is 0 Å². The number of ether oxygens (including phenoxy) is 1. The first-order chi connectivity index (χ1) is 14.3. The zero-order valence-corrected chi connectivity index (χ0v) is 19.2. The van der Waals surface area contributed by atoms with Crippen LogP contribution in [-0.2, 0) is 14.8 Å². The second-order valence-corrected chi connectivity index (χ2v) is 10.5. The molecule has 7 nitrogen and oxygen atoms in total. The molecule has 0 saturated carbocycles. The molecule has 2 fully saturated rings. The Bertz CT molecular complexity index is 827. The lowest BCUT2D eigenvalue weighted by Crippen LogP contribution is -2.45. The van der Waals surface area contributed by atoms with Crippen LogP contribution in [0.1, 0.15) is 52.4 Å². The third kappa shape index (κ3) is 5.27.